The quantitative estimate of drug-likeness (QED) is 0.541. The first-order chi connectivity index (χ1) is 11.2. The molecule has 0 atom stereocenters. The van der Waals surface area contributed by atoms with E-state index < -0.39 is 0 Å². The lowest BCUT2D eigenvalue weighted by Gasteiger charge is -1.86. The molecule has 0 saturated carbocycles. The van der Waals surface area contributed by atoms with Crippen LogP contribution in [0.15, 0.2) is 77.6 Å². The molecule has 1 aliphatic rings. The van der Waals surface area contributed by atoms with Crippen LogP contribution >= 0.6 is 0 Å². The maximum Gasteiger partial charge on any atom is 0.0456 e. The van der Waals surface area contributed by atoms with Gasteiger partial charge < -0.3 is 4.98 Å². The third-order valence-corrected chi connectivity index (χ3v) is 3.55. The molecule has 4 rings (SSSR count). The molecule has 3 aromatic rings. The minimum absolute atomic E-state index is 1.06. The second-order valence-electron chi connectivity index (χ2n) is 5.68. The second kappa shape index (κ2) is 8.74. The van der Waals surface area contributed by atoms with Crippen molar-refractivity contribution >= 4 is 17.1 Å². The molecule has 0 spiro atoms. The highest BCUT2D eigenvalue weighted by molar-refractivity contribution is 5.82. The van der Waals surface area contributed by atoms with Gasteiger partial charge in [-0.15, -0.1) is 0 Å². The van der Waals surface area contributed by atoms with E-state index in [9.17, 15) is 0 Å². The van der Waals surface area contributed by atoms with Crippen LogP contribution in [-0.4, -0.2) is 11.2 Å². The molecule has 2 heterocycles. The second-order valence-corrected chi connectivity index (χ2v) is 5.68. The smallest absolute Gasteiger partial charge is 0.0456 e. The minimum Gasteiger partial charge on any atom is -0.361 e. The van der Waals surface area contributed by atoms with Crippen molar-refractivity contribution in [2.45, 2.75) is 27.2 Å². The third kappa shape index (κ3) is 5.59. The van der Waals surface area contributed by atoms with E-state index >= 15 is 0 Å². The number of aliphatic imine (C=N–C) groups is 1. The summed E-state index contributed by atoms with van der Waals surface area (Å²) in [5.74, 6) is 0. The largest absolute Gasteiger partial charge is 0.361 e. The van der Waals surface area contributed by atoms with Crippen LogP contribution in [0.1, 0.15) is 24.5 Å². The van der Waals surface area contributed by atoms with E-state index in [1.54, 1.807) is 0 Å². The molecule has 1 aromatic heterocycles. The molecule has 0 radical (unpaired) electrons. The van der Waals surface area contributed by atoms with Crippen LogP contribution in [0, 0.1) is 13.8 Å². The van der Waals surface area contributed by atoms with Crippen molar-refractivity contribution in [2.75, 3.05) is 0 Å². The summed E-state index contributed by atoms with van der Waals surface area (Å²) in [6.07, 6.45) is 6.89. The Morgan fingerprint density at radius 2 is 1.57 bits per heavy atom. The number of H-pyrrole nitrogens is 1. The monoisotopic (exact) mass is 304 g/mol. The molecule has 1 aliphatic heterocycles. The van der Waals surface area contributed by atoms with Gasteiger partial charge in [0, 0.05) is 35.9 Å². The molecular weight excluding hydrogens is 280 g/mol. The average Bonchev–Trinajstić information content (AvgIpc) is 3.19. The van der Waals surface area contributed by atoms with Gasteiger partial charge in [-0.1, -0.05) is 54.1 Å². The van der Waals surface area contributed by atoms with E-state index in [0.717, 1.165) is 6.42 Å². The SMILES string of the molecule is CC1=CN=CC1.Cc1c[nH]c2ccccc12.Cc1ccccc1. The van der Waals surface area contributed by atoms with Crippen molar-refractivity contribution in [2.24, 2.45) is 4.99 Å². The Morgan fingerprint density at radius 3 is 2.04 bits per heavy atom. The fraction of sp³-hybridized carbons (Fsp3) is 0.190. The number of hydrogen-bond donors (Lipinski definition) is 1. The Labute approximate surface area is 138 Å². The third-order valence-electron chi connectivity index (χ3n) is 3.55. The molecule has 0 saturated heterocycles. The van der Waals surface area contributed by atoms with E-state index in [0.29, 0.717) is 0 Å². The Bertz CT molecular complexity index is 780. The van der Waals surface area contributed by atoms with Crippen LogP contribution in [-0.2, 0) is 0 Å². The number of allylic oxidation sites excluding steroid dienone is 1. The van der Waals surface area contributed by atoms with Gasteiger partial charge in [-0.05, 0) is 38.0 Å². The van der Waals surface area contributed by atoms with Crippen molar-refractivity contribution in [3.05, 3.63) is 83.7 Å². The Balaban J connectivity index is 0.000000131. The number of nitrogens with one attached hydrogen (secondary N) is 1. The van der Waals surface area contributed by atoms with E-state index in [1.807, 2.05) is 42.9 Å². The summed E-state index contributed by atoms with van der Waals surface area (Å²) < 4.78 is 0. The minimum atomic E-state index is 1.06. The number of para-hydroxylation sites is 1. The molecule has 2 nitrogen and oxygen atoms in total. The highest BCUT2D eigenvalue weighted by atomic mass is 14.7. The predicted octanol–water partition coefficient (Wildman–Crippen LogP) is 5.84. The topological polar surface area (TPSA) is 28.1 Å². The van der Waals surface area contributed by atoms with Crippen LogP contribution in [0.3, 0.4) is 0 Å². The van der Waals surface area contributed by atoms with Crippen LogP contribution in [0.25, 0.3) is 10.9 Å². The summed E-state index contributed by atoms with van der Waals surface area (Å²) in [7, 11) is 0. The summed E-state index contributed by atoms with van der Waals surface area (Å²) in [5, 5.41) is 1.32. The molecule has 1 N–H and O–H groups in total. The van der Waals surface area contributed by atoms with Gasteiger partial charge in [-0.25, -0.2) is 0 Å². The molecule has 0 aliphatic carbocycles. The van der Waals surface area contributed by atoms with Gasteiger partial charge >= 0.3 is 0 Å². The van der Waals surface area contributed by atoms with Gasteiger partial charge in [0.25, 0.3) is 0 Å². The van der Waals surface area contributed by atoms with Crippen molar-refractivity contribution in [1.29, 1.82) is 0 Å². The predicted molar refractivity (Wildman–Crippen MR) is 101 cm³/mol. The molecule has 0 fully saturated rings. The van der Waals surface area contributed by atoms with Gasteiger partial charge in [-0.3, -0.25) is 4.99 Å². The molecule has 0 unspecified atom stereocenters. The normalized spacial score (nSPS) is 12.0. The first-order valence-corrected chi connectivity index (χ1v) is 7.88. The fourth-order valence-electron chi connectivity index (χ4n) is 2.18. The van der Waals surface area contributed by atoms with Crippen LogP contribution in [0.2, 0.25) is 0 Å². The van der Waals surface area contributed by atoms with Crippen LogP contribution in [0.5, 0.6) is 0 Å². The highest BCUT2D eigenvalue weighted by Gasteiger charge is 1.94. The standard InChI is InChI=1S/C9H9N.C7H8.C5H7N/c1-7-6-10-9-5-3-2-4-8(7)9;1-7-5-3-2-4-6-7;1-5-2-3-6-4-5/h2-6,10H,1H3;2-6H,1H3;3-4H,2H2,1H3. The molecule has 2 aromatic carbocycles. The highest BCUT2D eigenvalue weighted by Crippen LogP contribution is 2.15. The van der Waals surface area contributed by atoms with Gasteiger partial charge in [0.15, 0.2) is 0 Å². The van der Waals surface area contributed by atoms with Crippen molar-refractivity contribution < 1.29 is 0 Å². The van der Waals surface area contributed by atoms with E-state index in [-0.39, 0.29) is 0 Å². The number of hydrogen-bond acceptors (Lipinski definition) is 1. The molecule has 118 valence electrons. The van der Waals surface area contributed by atoms with Crippen LogP contribution < -0.4 is 0 Å². The number of aromatic amines is 1. The number of nitrogens with zero attached hydrogens (tertiary/aromatic N) is 1. The lowest BCUT2D eigenvalue weighted by molar-refractivity contribution is 1.32. The lowest BCUT2D eigenvalue weighted by Crippen LogP contribution is -1.64. The number of aryl methyl sites for hydroxylation is 2. The Kier molecular flexibility index (Phi) is 6.37. The van der Waals surface area contributed by atoms with Gasteiger partial charge in [-0.2, -0.15) is 0 Å². The molecule has 2 heteroatoms. The van der Waals surface area contributed by atoms with Crippen molar-refractivity contribution in [1.82, 2.24) is 4.98 Å². The molecule has 0 amide bonds. The summed E-state index contributed by atoms with van der Waals surface area (Å²) >= 11 is 0. The van der Waals surface area contributed by atoms with Gasteiger partial charge in [0.2, 0.25) is 0 Å². The van der Waals surface area contributed by atoms with Gasteiger partial charge in [0.05, 0.1) is 0 Å². The number of fused-ring (bicyclic) bond motifs is 1. The molecule has 23 heavy (non-hydrogen) atoms. The summed E-state index contributed by atoms with van der Waals surface area (Å²) in [4.78, 5) is 7.07. The summed E-state index contributed by atoms with van der Waals surface area (Å²) in [6, 6.07) is 18.6. The van der Waals surface area contributed by atoms with E-state index in [4.69, 9.17) is 0 Å². The van der Waals surface area contributed by atoms with Crippen LogP contribution in [0.4, 0.5) is 0 Å². The number of aromatic nitrogens is 1. The van der Waals surface area contributed by atoms with E-state index in [1.165, 1.54) is 27.6 Å². The number of benzene rings is 2. The fourth-order valence-corrected chi connectivity index (χ4v) is 2.18. The summed E-state index contributed by atoms with van der Waals surface area (Å²) in [5.41, 5.74) is 5.22. The maximum absolute atomic E-state index is 3.88. The number of rotatable bonds is 0. The van der Waals surface area contributed by atoms with Crippen molar-refractivity contribution in [3.8, 4) is 0 Å². The zero-order valence-electron chi connectivity index (χ0n) is 14.1. The first-order valence-electron chi connectivity index (χ1n) is 7.88. The van der Waals surface area contributed by atoms with Gasteiger partial charge in [0.1, 0.15) is 0 Å². The molecule has 0 bridgehead atoms. The zero-order chi connectivity index (χ0) is 16.5. The lowest BCUT2D eigenvalue weighted by atomic mass is 10.2. The average molecular weight is 304 g/mol. The zero-order valence-corrected chi connectivity index (χ0v) is 14.1. The Hall–Kier alpha value is -2.61. The molecular formula is C21H24N2. The maximum atomic E-state index is 3.88. The Morgan fingerprint density at radius 1 is 0.870 bits per heavy atom. The summed E-state index contributed by atoms with van der Waals surface area (Å²) in [6.45, 7) is 6.27. The van der Waals surface area contributed by atoms with E-state index in [2.05, 4.69) is 61.1 Å². The first kappa shape index (κ1) is 16.8. The van der Waals surface area contributed by atoms with Crippen molar-refractivity contribution in [3.63, 3.8) is 0 Å².